The highest BCUT2D eigenvalue weighted by Crippen LogP contribution is 1.95. The molecule has 0 aliphatic carbocycles. The summed E-state index contributed by atoms with van der Waals surface area (Å²) in [5.74, 6) is 0.453. The van der Waals surface area contributed by atoms with Gasteiger partial charge >= 0.3 is 0 Å². The molecule has 0 saturated carbocycles. The smallest absolute Gasteiger partial charge is 0.261 e. The van der Waals surface area contributed by atoms with E-state index < -0.39 is 13.0 Å². The van der Waals surface area contributed by atoms with Gasteiger partial charge in [0.15, 0.2) is 0 Å². The second-order valence-corrected chi connectivity index (χ2v) is 3.05. The molecule has 0 spiro atoms. The number of aromatic nitrogens is 2. The average molecular weight is 218 g/mol. The summed E-state index contributed by atoms with van der Waals surface area (Å²) >= 11 is 0. The van der Waals surface area contributed by atoms with Gasteiger partial charge in [-0.05, 0) is 6.92 Å². The Kier molecular flexibility index (Phi) is 4.36. The van der Waals surface area contributed by atoms with Crippen LogP contribution in [0.15, 0.2) is 10.9 Å². The number of alkyl halides is 2. The van der Waals surface area contributed by atoms with Gasteiger partial charge in [-0.3, -0.25) is 4.79 Å². The summed E-state index contributed by atoms with van der Waals surface area (Å²) in [7, 11) is 0. The number of ether oxygens (including phenoxy) is 1. The van der Waals surface area contributed by atoms with Gasteiger partial charge in [-0.25, -0.2) is 13.8 Å². The Hall–Kier alpha value is -1.30. The maximum Gasteiger partial charge on any atom is 0.261 e. The number of rotatable bonds is 5. The third-order valence-corrected chi connectivity index (χ3v) is 1.65. The van der Waals surface area contributed by atoms with Crippen LogP contribution in [0, 0.1) is 6.92 Å². The van der Waals surface area contributed by atoms with E-state index in [1.807, 2.05) is 0 Å². The van der Waals surface area contributed by atoms with Gasteiger partial charge in [0.05, 0.1) is 6.61 Å². The molecule has 0 fully saturated rings. The third-order valence-electron chi connectivity index (χ3n) is 1.65. The van der Waals surface area contributed by atoms with Crippen LogP contribution in [0.4, 0.5) is 8.78 Å². The first kappa shape index (κ1) is 11.8. The van der Waals surface area contributed by atoms with Crippen LogP contribution < -0.4 is 5.56 Å². The first-order chi connectivity index (χ1) is 7.08. The fourth-order valence-electron chi connectivity index (χ4n) is 1.10. The molecule has 4 nitrogen and oxygen atoms in total. The van der Waals surface area contributed by atoms with Crippen LogP contribution in [0.2, 0.25) is 0 Å². The zero-order chi connectivity index (χ0) is 11.3. The SMILES string of the molecule is Cc1cc(=O)[nH]c(CCOCC(F)F)n1. The van der Waals surface area contributed by atoms with Gasteiger partial charge in [-0.2, -0.15) is 0 Å². The van der Waals surface area contributed by atoms with Gasteiger partial charge in [0.1, 0.15) is 12.4 Å². The standard InChI is InChI=1S/C9H12F2N2O2/c1-6-4-9(14)13-8(12-6)2-3-15-5-7(10)11/h4,7H,2-3,5H2,1H3,(H,12,13,14). The number of hydrogen-bond donors (Lipinski definition) is 1. The van der Waals surface area contributed by atoms with Crippen LogP contribution in [0.1, 0.15) is 11.5 Å². The molecule has 15 heavy (non-hydrogen) atoms. The van der Waals surface area contributed by atoms with Gasteiger partial charge in [0.25, 0.3) is 12.0 Å². The maximum atomic E-state index is 11.7. The normalized spacial score (nSPS) is 10.9. The van der Waals surface area contributed by atoms with Crippen LogP contribution in [0.5, 0.6) is 0 Å². The van der Waals surface area contributed by atoms with Crippen molar-refractivity contribution in [3.63, 3.8) is 0 Å². The number of nitrogens with one attached hydrogen (secondary N) is 1. The highest BCUT2D eigenvalue weighted by atomic mass is 19.3. The molecule has 1 aromatic heterocycles. The lowest BCUT2D eigenvalue weighted by Gasteiger charge is -2.03. The molecule has 0 aliphatic heterocycles. The molecule has 0 aromatic carbocycles. The zero-order valence-electron chi connectivity index (χ0n) is 8.30. The van der Waals surface area contributed by atoms with Crippen LogP contribution in [0.25, 0.3) is 0 Å². The zero-order valence-corrected chi connectivity index (χ0v) is 8.30. The molecule has 0 amide bonds. The van der Waals surface area contributed by atoms with Crippen molar-refractivity contribution in [1.82, 2.24) is 9.97 Å². The van der Waals surface area contributed by atoms with E-state index in [1.165, 1.54) is 6.07 Å². The molecule has 0 bridgehead atoms. The largest absolute Gasteiger partial charge is 0.375 e. The molecule has 0 atom stereocenters. The second kappa shape index (κ2) is 5.55. The summed E-state index contributed by atoms with van der Waals surface area (Å²) in [6.45, 7) is 1.23. The maximum absolute atomic E-state index is 11.7. The van der Waals surface area contributed by atoms with E-state index in [2.05, 4.69) is 14.7 Å². The van der Waals surface area contributed by atoms with E-state index in [0.717, 1.165) is 0 Å². The summed E-state index contributed by atoms with van der Waals surface area (Å²) in [5.41, 5.74) is 0.356. The number of hydrogen-bond acceptors (Lipinski definition) is 3. The number of aryl methyl sites for hydroxylation is 1. The Morgan fingerprint density at radius 1 is 1.60 bits per heavy atom. The molecule has 1 aromatic rings. The highest BCUT2D eigenvalue weighted by molar-refractivity contribution is 5.00. The Balaban J connectivity index is 2.40. The van der Waals surface area contributed by atoms with E-state index in [9.17, 15) is 13.6 Å². The summed E-state index contributed by atoms with van der Waals surface area (Å²) in [6.07, 6.45) is -2.14. The minimum absolute atomic E-state index is 0.122. The molecule has 0 radical (unpaired) electrons. The van der Waals surface area contributed by atoms with Crippen molar-refractivity contribution in [1.29, 1.82) is 0 Å². The van der Waals surface area contributed by atoms with Gasteiger partial charge in [0, 0.05) is 18.2 Å². The topological polar surface area (TPSA) is 55.0 Å². The molecular formula is C9H12F2N2O2. The van der Waals surface area contributed by atoms with Crippen molar-refractivity contribution in [2.75, 3.05) is 13.2 Å². The van der Waals surface area contributed by atoms with Crippen molar-refractivity contribution in [2.24, 2.45) is 0 Å². The second-order valence-electron chi connectivity index (χ2n) is 3.05. The Morgan fingerprint density at radius 2 is 2.33 bits per heavy atom. The Morgan fingerprint density at radius 3 is 2.93 bits per heavy atom. The quantitative estimate of drug-likeness (QED) is 0.747. The molecule has 0 aliphatic rings. The number of H-pyrrole nitrogens is 1. The lowest BCUT2D eigenvalue weighted by molar-refractivity contribution is 0.0182. The van der Waals surface area contributed by atoms with Gasteiger partial charge in [-0.15, -0.1) is 0 Å². The number of aromatic amines is 1. The van der Waals surface area contributed by atoms with E-state index in [1.54, 1.807) is 6.92 Å². The first-order valence-corrected chi connectivity index (χ1v) is 4.50. The first-order valence-electron chi connectivity index (χ1n) is 4.50. The lowest BCUT2D eigenvalue weighted by Crippen LogP contribution is -2.14. The fraction of sp³-hybridized carbons (Fsp3) is 0.556. The van der Waals surface area contributed by atoms with Crippen molar-refractivity contribution in [3.8, 4) is 0 Å². The van der Waals surface area contributed by atoms with Gasteiger partial charge in [0.2, 0.25) is 0 Å². The van der Waals surface area contributed by atoms with Crippen LogP contribution >= 0.6 is 0 Å². The number of nitrogens with zero attached hydrogens (tertiary/aromatic N) is 1. The Labute approximate surface area is 85.3 Å². The molecule has 0 unspecified atom stereocenters. The summed E-state index contributed by atoms with van der Waals surface area (Å²) in [5, 5.41) is 0. The van der Waals surface area contributed by atoms with E-state index in [4.69, 9.17) is 0 Å². The third kappa shape index (κ3) is 4.64. The Bertz CT molecular complexity index is 365. The molecular weight excluding hydrogens is 206 g/mol. The lowest BCUT2D eigenvalue weighted by atomic mass is 10.4. The van der Waals surface area contributed by atoms with Crippen LogP contribution in [-0.4, -0.2) is 29.6 Å². The molecule has 1 rings (SSSR count). The molecule has 1 N–H and O–H groups in total. The minimum atomic E-state index is -2.46. The van der Waals surface area contributed by atoms with E-state index in [0.29, 0.717) is 17.9 Å². The van der Waals surface area contributed by atoms with Crippen molar-refractivity contribution >= 4 is 0 Å². The predicted octanol–water partition coefficient (Wildman–Crippen LogP) is 0.903. The summed E-state index contributed by atoms with van der Waals surface area (Å²) in [6, 6.07) is 1.36. The van der Waals surface area contributed by atoms with Crippen molar-refractivity contribution in [2.45, 2.75) is 19.8 Å². The van der Waals surface area contributed by atoms with Gasteiger partial charge in [-0.1, -0.05) is 0 Å². The van der Waals surface area contributed by atoms with E-state index >= 15 is 0 Å². The molecule has 1 heterocycles. The van der Waals surface area contributed by atoms with Gasteiger partial charge < -0.3 is 9.72 Å². The van der Waals surface area contributed by atoms with Crippen molar-refractivity contribution in [3.05, 3.63) is 27.9 Å². The molecule has 0 saturated heterocycles. The molecule has 6 heteroatoms. The molecule has 84 valence electrons. The number of halogens is 2. The summed E-state index contributed by atoms with van der Waals surface area (Å²) < 4.78 is 28.0. The average Bonchev–Trinajstić information content (AvgIpc) is 2.10. The van der Waals surface area contributed by atoms with E-state index in [-0.39, 0.29) is 12.2 Å². The van der Waals surface area contributed by atoms with Crippen molar-refractivity contribution < 1.29 is 13.5 Å². The predicted molar refractivity (Wildman–Crippen MR) is 50.1 cm³/mol. The monoisotopic (exact) mass is 218 g/mol. The minimum Gasteiger partial charge on any atom is -0.375 e. The highest BCUT2D eigenvalue weighted by Gasteiger charge is 2.02. The summed E-state index contributed by atoms with van der Waals surface area (Å²) in [4.78, 5) is 17.5. The van der Waals surface area contributed by atoms with Crippen LogP contribution in [0.3, 0.4) is 0 Å². The van der Waals surface area contributed by atoms with Crippen LogP contribution in [-0.2, 0) is 11.2 Å². The fourth-order valence-corrected chi connectivity index (χ4v) is 1.10.